The molecule has 0 bridgehead atoms. The van der Waals surface area contributed by atoms with Crippen molar-refractivity contribution in [1.82, 2.24) is 19.6 Å². The summed E-state index contributed by atoms with van der Waals surface area (Å²) < 4.78 is 3.47. The molecule has 0 saturated heterocycles. The van der Waals surface area contributed by atoms with E-state index in [9.17, 15) is 4.79 Å². The number of aromatic nitrogens is 4. The molecule has 0 spiro atoms. The van der Waals surface area contributed by atoms with Crippen LogP contribution < -0.4 is 5.56 Å². The molecule has 3 aromatic heterocycles. The molecule has 154 valence electrons. The van der Waals surface area contributed by atoms with Crippen LogP contribution in [0.4, 0.5) is 0 Å². The number of hydrogen-bond donors (Lipinski definition) is 0. The fourth-order valence-corrected chi connectivity index (χ4v) is 5.90. The summed E-state index contributed by atoms with van der Waals surface area (Å²) in [6.45, 7) is 6.31. The van der Waals surface area contributed by atoms with Crippen molar-refractivity contribution in [3.63, 3.8) is 0 Å². The van der Waals surface area contributed by atoms with Crippen molar-refractivity contribution in [2.75, 3.05) is 0 Å². The van der Waals surface area contributed by atoms with Gasteiger partial charge in [-0.1, -0.05) is 79.0 Å². The highest BCUT2D eigenvalue weighted by Crippen LogP contribution is 2.32. The van der Waals surface area contributed by atoms with Crippen LogP contribution in [0.25, 0.3) is 5.65 Å². The van der Waals surface area contributed by atoms with Crippen molar-refractivity contribution in [1.29, 1.82) is 0 Å². The Hall–Kier alpha value is -2.16. The van der Waals surface area contributed by atoms with Crippen LogP contribution in [0.1, 0.15) is 42.3 Å². The van der Waals surface area contributed by atoms with E-state index in [2.05, 4.69) is 53.3 Å². The monoisotopic (exact) mass is 454 g/mol. The molecular formula is C22H22N4OS3. The van der Waals surface area contributed by atoms with E-state index in [0.717, 1.165) is 25.8 Å². The molecule has 0 atom stereocenters. The molecular weight excluding hydrogens is 432 g/mol. The van der Waals surface area contributed by atoms with Crippen molar-refractivity contribution in [3.05, 3.63) is 81.4 Å². The molecule has 0 aliphatic carbocycles. The summed E-state index contributed by atoms with van der Waals surface area (Å²) in [5.74, 6) is 2.02. The lowest BCUT2D eigenvalue weighted by Crippen LogP contribution is -2.17. The molecule has 3 heterocycles. The Kier molecular flexibility index (Phi) is 6.55. The maximum absolute atomic E-state index is 12.4. The third-order valence-corrected chi connectivity index (χ3v) is 7.97. The van der Waals surface area contributed by atoms with Gasteiger partial charge < -0.3 is 0 Å². The number of nitrogens with zero attached hydrogens (tertiary/aromatic N) is 4. The Morgan fingerprint density at radius 1 is 1.00 bits per heavy atom. The first-order chi connectivity index (χ1) is 14.5. The second-order valence-corrected chi connectivity index (χ2v) is 10.7. The molecule has 8 heteroatoms. The number of pyridine rings is 1. The molecule has 0 radical (unpaired) electrons. The van der Waals surface area contributed by atoms with Crippen molar-refractivity contribution in [2.45, 2.75) is 46.9 Å². The molecule has 0 aliphatic rings. The van der Waals surface area contributed by atoms with Gasteiger partial charge in [0.1, 0.15) is 5.65 Å². The van der Waals surface area contributed by atoms with E-state index in [1.807, 2.05) is 25.1 Å². The Bertz CT molecular complexity index is 1220. The maximum atomic E-state index is 12.4. The highest BCUT2D eigenvalue weighted by atomic mass is 32.2. The van der Waals surface area contributed by atoms with E-state index in [1.54, 1.807) is 45.3 Å². The lowest BCUT2D eigenvalue weighted by Gasteiger charge is -2.06. The molecule has 4 rings (SSSR count). The third-order valence-electron chi connectivity index (χ3n) is 4.67. The molecule has 0 aliphatic heterocycles. The second-order valence-electron chi connectivity index (χ2n) is 7.25. The molecule has 5 nitrogen and oxygen atoms in total. The largest absolute Gasteiger partial charge is 0.269 e. The van der Waals surface area contributed by atoms with E-state index >= 15 is 0 Å². The van der Waals surface area contributed by atoms with E-state index in [1.165, 1.54) is 11.1 Å². The molecule has 0 N–H and O–H groups in total. The number of fused-ring (bicyclic) bond motifs is 1. The number of benzene rings is 1. The van der Waals surface area contributed by atoms with Gasteiger partial charge in [0.2, 0.25) is 0 Å². The van der Waals surface area contributed by atoms with Gasteiger partial charge in [-0.15, -0.1) is 10.2 Å². The maximum Gasteiger partial charge on any atom is 0.258 e. The van der Waals surface area contributed by atoms with Gasteiger partial charge in [-0.3, -0.25) is 9.20 Å². The number of thioether (sulfide) groups is 2. The number of hydrogen-bond acceptors (Lipinski definition) is 7. The summed E-state index contributed by atoms with van der Waals surface area (Å²) in [6.07, 6.45) is 0. The molecule has 0 fully saturated rings. The van der Waals surface area contributed by atoms with Gasteiger partial charge in [-0.05, 0) is 36.1 Å². The summed E-state index contributed by atoms with van der Waals surface area (Å²) in [5.41, 5.74) is 4.90. The topological polar surface area (TPSA) is 60.2 Å². The first-order valence-corrected chi connectivity index (χ1v) is 12.4. The highest BCUT2D eigenvalue weighted by molar-refractivity contribution is 8.02. The molecule has 1 aromatic carbocycles. The summed E-state index contributed by atoms with van der Waals surface area (Å²) in [4.78, 5) is 17.0. The quantitative estimate of drug-likeness (QED) is 0.341. The van der Waals surface area contributed by atoms with E-state index in [0.29, 0.717) is 17.3 Å². The second kappa shape index (κ2) is 9.32. The van der Waals surface area contributed by atoms with Gasteiger partial charge in [0.15, 0.2) is 8.68 Å². The van der Waals surface area contributed by atoms with Gasteiger partial charge in [0.05, 0.1) is 5.69 Å². The lowest BCUT2D eigenvalue weighted by molar-refractivity contribution is 0.866. The zero-order chi connectivity index (χ0) is 21.1. The van der Waals surface area contributed by atoms with Crippen LogP contribution in [0.5, 0.6) is 0 Å². The van der Waals surface area contributed by atoms with Crippen molar-refractivity contribution in [3.8, 4) is 0 Å². The van der Waals surface area contributed by atoms with Crippen molar-refractivity contribution >= 4 is 40.5 Å². The molecule has 0 unspecified atom stereocenters. The Morgan fingerprint density at radius 3 is 2.40 bits per heavy atom. The normalized spacial score (nSPS) is 11.5. The summed E-state index contributed by atoms with van der Waals surface area (Å²) in [7, 11) is 0. The Balaban J connectivity index is 1.37. The molecule has 0 saturated carbocycles. The van der Waals surface area contributed by atoms with Gasteiger partial charge >= 0.3 is 0 Å². The molecule has 4 aromatic rings. The standard InChI is InChI=1S/C22H22N4OS3/c1-14(2)17-9-7-16(8-10-17)12-28-21-24-25-22(30-21)29-13-18-11-20(27)26-15(3)5-4-6-19(26)23-18/h4-11,14H,12-13H2,1-3H3. The third kappa shape index (κ3) is 4.94. The van der Waals surface area contributed by atoms with Crippen LogP contribution in [0, 0.1) is 6.92 Å². The summed E-state index contributed by atoms with van der Waals surface area (Å²) in [6, 6.07) is 16.0. The first-order valence-electron chi connectivity index (χ1n) is 9.66. The van der Waals surface area contributed by atoms with Crippen LogP contribution >= 0.6 is 34.9 Å². The van der Waals surface area contributed by atoms with Crippen molar-refractivity contribution in [2.24, 2.45) is 0 Å². The highest BCUT2D eigenvalue weighted by Gasteiger charge is 2.09. The van der Waals surface area contributed by atoms with Gasteiger partial charge in [0, 0.05) is 23.3 Å². The van der Waals surface area contributed by atoms with E-state index in [-0.39, 0.29) is 5.56 Å². The predicted octanol–water partition coefficient (Wildman–Crippen LogP) is 5.56. The van der Waals surface area contributed by atoms with E-state index in [4.69, 9.17) is 0 Å². The lowest BCUT2D eigenvalue weighted by atomic mass is 10.0. The molecule has 30 heavy (non-hydrogen) atoms. The van der Waals surface area contributed by atoms with Crippen molar-refractivity contribution < 1.29 is 0 Å². The minimum absolute atomic E-state index is 0.0503. The van der Waals surface area contributed by atoms with Gasteiger partial charge in [-0.25, -0.2) is 4.98 Å². The average molecular weight is 455 g/mol. The minimum Gasteiger partial charge on any atom is -0.269 e. The van der Waals surface area contributed by atoms with Crippen LogP contribution in [0.15, 0.2) is 62.0 Å². The average Bonchev–Trinajstić information content (AvgIpc) is 3.19. The minimum atomic E-state index is -0.0503. The predicted molar refractivity (Wildman–Crippen MR) is 126 cm³/mol. The fraction of sp³-hybridized carbons (Fsp3) is 0.273. The van der Waals surface area contributed by atoms with Gasteiger partial charge in [0.25, 0.3) is 5.56 Å². The van der Waals surface area contributed by atoms with E-state index < -0.39 is 0 Å². The molecule has 0 amide bonds. The van der Waals surface area contributed by atoms with Crippen LogP contribution in [0.3, 0.4) is 0 Å². The number of aryl methyl sites for hydroxylation is 1. The fourth-order valence-electron chi connectivity index (χ4n) is 3.03. The summed E-state index contributed by atoms with van der Waals surface area (Å²) in [5, 5.41) is 8.57. The van der Waals surface area contributed by atoms with Crippen LogP contribution in [0.2, 0.25) is 0 Å². The SMILES string of the molecule is Cc1cccc2nc(CSc3nnc(SCc4ccc(C(C)C)cc4)s3)cc(=O)n12. The zero-order valence-corrected chi connectivity index (χ0v) is 19.5. The van der Waals surface area contributed by atoms with Crippen LogP contribution in [-0.2, 0) is 11.5 Å². The van der Waals surface area contributed by atoms with Crippen LogP contribution in [-0.4, -0.2) is 19.6 Å². The van der Waals surface area contributed by atoms with Gasteiger partial charge in [-0.2, -0.15) is 0 Å². The Labute approximate surface area is 188 Å². The smallest absolute Gasteiger partial charge is 0.258 e. The summed E-state index contributed by atoms with van der Waals surface area (Å²) >= 11 is 4.84. The Morgan fingerprint density at radius 2 is 1.70 bits per heavy atom. The zero-order valence-electron chi connectivity index (χ0n) is 17.0. The number of rotatable bonds is 7. The first kappa shape index (κ1) is 21.1.